The zero-order chi connectivity index (χ0) is 12.4. The molecule has 0 atom stereocenters. The molecule has 2 N–H and O–H groups in total. The van der Waals surface area contributed by atoms with Crippen LogP contribution in [0.1, 0.15) is 17.7 Å². The number of benzene rings is 1. The van der Waals surface area contributed by atoms with Crippen molar-refractivity contribution in [3.8, 4) is 10.4 Å². The second kappa shape index (κ2) is 4.83. The van der Waals surface area contributed by atoms with Crippen LogP contribution in [-0.2, 0) is 0 Å². The highest BCUT2D eigenvalue weighted by molar-refractivity contribution is 7.16. The van der Waals surface area contributed by atoms with Crippen LogP contribution < -0.4 is 5.73 Å². The molecule has 0 spiro atoms. The summed E-state index contributed by atoms with van der Waals surface area (Å²) in [6.45, 7) is 0. The van der Waals surface area contributed by atoms with Crippen molar-refractivity contribution in [1.82, 2.24) is 0 Å². The lowest BCUT2D eigenvalue weighted by atomic mass is 10.1. The van der Waals surface area contributed by atoms with Crippen LogP contribution in [0, 0.1) is 0 Å². The molecule has 3 rings (SSSR count). The Kier molecular flexibility index (Phi) is 3.03. The molecule has 0 bridgehead atoms. The van der Waals surface area contributed by atoms with Gasteiger partial charge in [-0.05, 0) is 48.2 Å². The van der Waals surface area contributed by atoms with Crippen LogP contribution in [0.15, 0.2) is 54.6 Å². The molecule has 0 fully saturated rings. The third-order valence-corrected chi connectivity index (χ3v) is 4.24. The normalized spacial score (nSPS) is 14.6. The first-order chi connectivity index (χ1) is 8.83. The number of nitrogen functional groups attached to an aromatic ring is 1. The summed E-state index contributed by atoms with van der Waals surface area (Å²) >= 11 is 1.83. The molecule has 1 heterocycles. The summed E-state index contributed by atoms with van der Waals surface area (Å²) in [7, 11) is 0. The van der Waals surface area contributed by atoms with E-state index in [0.29, 0.717) is 0 Å². The van der Waals surface area contributed by atoms with Gasteiger partial charge in [-0.15, -0.1) is 11.3 Å². The average molecular weight is 253 g/mol. The molecule has 1 aliphatic rings. The van der Waals surface area contributed by atoms with Gasteiger partial charge in [-0.3, -0.25) is 0 Å². The zero-order valence-corrected chi connectivity index (χ0v) is 10.9. The van der Waals surface area contributed by atoms with Crippen LogP contribution in [0.25, 0.3) is 16.0 Å². The van der Waals surface area contributed by atoms with Gasteiger partial charge in [0.25, 0.3) is 0 Å². The molecule has 1 nitrogen and oxygen atoms in total. The highest BCUT2D eigenvalue weighted by Crippen LogP contribution is 2.34. The SMILES string of the molecule is Nc1cccc(-c2ccc(C3=CCCC=C3)s2)c1. The number of allylic oxidation sites excluding steroid dienone is 4. The number of anilines is 1. The molecule has 0 saturated carbocycles. The molecule has 2 heteroatoms. The van der Waals surface area contributed by atoms with Gasteiger partial charge in [0.05, 0.1) is 0 Å². The lowest BCUT2D eigenvalue weighted by molar-refractivity contribution is 1.04. The number of hydrogen-bond acceptors (Lipinski definition) is 2. The van der Waals surface area contributed by atoms with Crippen molar-refractivity contribution in [2.24, 2.45) is 0 Å². The molecule has 2 aromatic rings. The molecule has 90 valence electrons. The van der Waals surface area contributed by atoms with Crippen LogP contribution in [0.4, 0.5) is 5.69 Å². The Balaban J connectivity index is 1.94. The van der Waals surface area contributed by atoms with Crippen LogP contribution in [0.2, 0.25) is 0 Å². The molecule has 1 aromatic carbocycles. The van der Waals surface area contributed by atoms with E-state index in [9.17, 15) is 0 Å². The van der Waals surface area contributed by atoms with Crippen LogP contribution in [0.5, 0.6) is 0 Å². The number of thiophene rings is 1. The van der Waals surface area contributed by atoms with E-state index in [2.05, 4.69) is 36.4 Å². The Bertz CT molecular complexity index is 620. The Morgan fingerprint density at radius 1 is 1.00 bits per heavy atom. The van der Waals surface area contributed by atoms with Gasteiger partial charge < -0.3 is 5.73 Å². The van der Waals surface area contributed by atoms with E-state index in [4.69, 9.17) is 5.73 Å². The van der Waals surface area contributed by atoms with Crippen molar-refractivity contribution in [3.63, 3.8) is 0 Å². The molecule has 0 saturated heterocycles. The molecular weight excluding hydrogens is 238 g/mol. The highest BCUT2D eigenvalue weighted by Gasteiger charge is 2.06. The van der Waals surface area contributed by atoms with Gasteiger partial charge in [0, 0.05) is 15.4 Å². The van der Waals surface area contributed by atoms with E-state index < -0.39 is 0 Å². The smallest absolute Gasteiger partial charge is 0.0350 e. The quantitative estimate of drug-likeness (QED) is 0.769. The number of hydrogen-bond donors (Lipinski definition) is 1. The van der Waals surface area contributed by atoms with E-state index in [0.717, 1.165) is 18.5 Å². The lowest BCUT2D eigenvalue weighted by Crippen LogP contribution is -1.83. The Labute approximate surface area is 111 Å². The summed E-state index contributed by atoms with van der Waals surface area (Å²) in [5.74, 6) is 0. The summed E-state index contributed by atoms with van der Waals surface area (Å²) in [5.41, 5.74) is 9.20. The van der Waals surface area contributed by atoms with Gasteiger partial charge in [0.2, 0.25) is 0 Å². The third-order valence-electron chi connectivity index (χ3n) is 3.06. The predicted molar refractivity (Wildman–Crippen MR) is 80.5 cm³/mol. The second-order valence-corrected chi connectivity index (χ2v) is 5.51. The van der Waals surface area contributed by atoms with Gasteiger partial charge in [-0.2, -0.15) is 0 Å². The Morgan fingerprint density at radius 3 is 2.67 bits per heavy atom. The average Bonchev–Trinajstić information content (AvgIpc) is 2.89. The van der Waals surface area contributed by atoms with Crippen molar-refractivity contribution in [2.45, 2.75) is 12.8 Å². The maximum absolute atomic E-state index is 5.83. The first-order valence-corrected chi connectivity index (χ1v) is 6.97. The summed E-state index contributed by atoms with van der Waals surface area (Å²) in [5, 5.41) is 0. The van der Waals surface area contributed by atoms with Crippen LogP contribution in [-0.4, -0.2) is 0 Å². The minimum absolute atomic E-state index is 0.819. The topological polar surface area (TPSA) is 26.0 Å². The van der Waals surface area contributed by atoms with E-state index in [-0.39, 0.29) is 0 Å². The monoisotopic (exact) mass is 253 g/mol. The maximum Gasteiger partial charge on any atom is 0.0350 e. The first-order valence-electron chi connectivity index (χ1n) is 6.16. The fraction of sp³-hybridized carbons (Fsp3) is 0.125. The molecule has 0 amide bonds. The predicted octanol–water partition coefficient (Wildman–Crippen LogP) is 4.73. The van der Waals surface area contributed by atoms with E-state index in [1.807, 2.05) is 29.5 Å². The summed E-state index contributed by atoms with van der Waals surface area (Å²) in [4.78, 5) is 2.61. The number of nitrogens with two attached hydrogens (primary N) is 1. The van der Waals surface area contributed by atoms with E-state index >= 15 is 0 Å². The fourth-order valence-corrected chi connectivity index (χ4v) is 3.16. The van der Waals surface area contributed by atoms with Gasteiger partial charge in [0.15, 0.2) is 0 Å². The van der Waals surface area contributed by atoms with Crippen LogP contribution in [0.3, 0.4) is 0 Å². The van der Waals surface area contributed by atoms with Crippen LogP contribution >= 0.6 is 11.3 Å². The lowest BCUT2D eigenvalue weighted by Gasteiger charge is -2.03. The van der Waals surface area contributed by atoms with Gasteiger partial charge >= 0.3 is 0 Å². The van der Waals surface area contributed by atoms with E-state index in [1.165, 1.54) is 20.9 Å². The van der Waals surface area contributed by atoms with Gasteiger partial charge in [-0.1, -0.05) is 30.4 Å². The minimum Gasteiger partial charge on any atom is -0.399 e. The van der Waals surface area contributed by atoms with Gasteiger partial charge in [-0.25, -0.2) is 0 Å². The number of rotatable bonds is 2. The first kappa shape index (κ1) is 11.3. The van der Waals surface area contributed by atoms with Crippen molar-refractivity contribution < 1.29 is 0 Å². The molecule has 0 radical (unpaired) electrons. The largest absolute Gasteiger partial charge is 0.399 e. The van der Waals surface area contributed by atoms with Crippen molar-refractivity contribution >= 4 is 22.6 Å². The summed E-state index contributed by atoms with van der Waals surface area (Å²) in [6.07, 6.45) is 9.09. The third kappa shape index (κ3) is 2.24. The van der Waals surface area contributed by atoms with Crippen molar-refractivity contribution in [3.05, 3.63) is 59.5 Å². The summed E-state index contributed by atoms with van der Waals surface area (Å²) < 4.78 is 0. The van der Waals surface area contributed by atoms with Crippen molar-refractivity contribution in [2.75, 3.05) is 5.73 Å². The fourth-order valence-electron chi connectivity index (χ4n) is 2.14. The second-order valence-electron chi connectivity index (χ2n) is 4.43. The minimum atomic E-state index is 0.819. The molecule has 0 unspecified atom stereocenters. The molecule has 1 aromatic heterocycles. The zero-order valence-electron chi connectivity index (χ0n) is 10.1. The standard InChI is InChI=1S/C16H15NS/c17-14-8-4-7-13(11-14)16-10-9-15(18-16)12-5-2-1-3-6-12/h2,4-11H,1,3,17H2. The van der Waals surface area contributed by atoms with Gasteiger partial charge in [0.1, 0.15) is 0 Å². The summed E-state index contributed by atoms with van der Waals surface area (Å²) in [6, 6.07) is 12.4. The molecule has 1 aliphatic carbocycles. The highest BCUT2D eigenvalue weighted by atomic mass is 32.1. The Hall–Kier alpha value is -1.80. The molecular formula is C16H15NS. The Morgan fingerprint density at radius 2 is 1.89 bits per heavy atom. The van der Waals surface area contributed by atoms with Crippen molar-refractivity contribution in [1.29, 1.82) is 0 Å². The van der Waals surface area contributed by atoms with E-state index in [1.54, 1.807) is 0 Å². The molecule has 0 aliphatic heterocycles. The molecule has 18 heavy (non-hydrogen) atoms. The maximum atomic E-state index is 5.83.